The van der Waals surface area contributed by atoms with Crippen LogP contribution in [0, 0.1) is 20.8 Å². The van der Waals surface area contributed by atoms with Gasteiger partial charge >= 0.3 is 0 Å². The van der Waals surface area contributed by atoms with Crippen molar-refractivity contribution in [2.75, 3.05) is 0 Å². The molecule has 156 valence electrons. The van der Waals surface area contributed by atoms with Crippen molar-refractivity contribution in [2.45, 2.75) is 32.9 Å². The van der Waals surface area contributed by atoms with Gasteiger partial charge in [-0.2, -0.15) is 0 Å². The molecule has 0 fully saturated rings. The first kappa shape index (κ1) is 21.3. The zero-order valence-corrected chi connectivity index (χ0v) is 19.3. The summed E-state index contributed by atoms with van der Waals surface area (Å²) in [5.74, 6) is 0. The maximum Gasteiger partial charge on any atom is 0.150 e. The molecule has 1 nitrogen and oxygen atoms in total. The lowest BCUT2D eigenvalue weighted by Gasteiger charge is -2.30. The van der Waals surface area contributed by atoms with Crippen molar-refractivity contribution < 1.29 is 4.57 Å². The lowest BCUT2D eigenvalue weighted by atomic mass is 9.94. The summed E-state index contributed by atoms with van der Waals surface area (Å²) in [6.07, 6.45) is 0.739. The first-order chi connectivity index (χ1) is 15.0. The number of hydrogen-bond donors (Lipinski definition) is 0. The maximum atomic E-state index is 15.2. The molecular weight excluding hydrogens is 395 g/mol. The molecule has 4 aromatic carbocycles. The third-order valence-electron chi connectivity index (χ3n) is 6.14. The molecule has 0 bridgehead atoms. The van der Waals surface area contributed by atoms with Gasteiger partial charge in [0.15, 0.2) is 7.14 Å². The van der Waals surface area contributed by atoms with E-state index in [-0.39, 0.29) is 5.66 Å². The summed E-state index contributed by atoms with van der Waals surface area (Å²) in [5.41, 5.74) is 6.09. The zero-order valence-electron chi connectivity index (χ0n) is 18.5. The Bertz CT molecular complexity index is 1130. The second-order valence-corrected chi connectivity index (χ2v) is 11.3. The van der Waals surface area contributed by atoms with E-state index < -0.39 is 7.14 Å². The molecule has 0 saturated carbocycles. The van der Waals surface area contributed by atoms with Crippen LogP contribution < -0.4 is 10.6 Å². The van der Waals surface area contributed by atoms with Gasteiger partial charge in [-0.25, -0.2) is 0 Å². The molecule has 2 heteroatoms. The number of rotatable bonds is 6. The van der Waals surface area contributed by atoms with Crippen molar-refractivity contribution in [2.24, 2.45) is 0 Å². The molecule has 0 radical (unpaired) electrons. The van der Waals surface area contributed by atoms with E-state index in [9.17, 15) is 0 Å². The van der Waals surface area contributed by atoms with E-state index in [1.807, 2.05) is 66.7 Å². The highest BCUT2D eigenvalue weighted by atomic mass is 31.2. The Morgan fingerprint density at radius 3 is 1.52 bits per heavy atom. The van der Waals surface area contributed by atoms with Gasteiger partial charge in [0.25, 0.3) is 0 Å². The van der Waals surface area contributed by atoms with Crippen molar-refractivity contribution in [1.82, 2.24) is 0 Å². The fourth-order valence-corrected chi connectivity index (χ4v) is 7.94. The van der Waals surface area contributed by atoms with E-state index in [1.54, 1.807) is 0 Å². The van der Waals surface area contributed by atoms with Crippen molar-refractivity contribution in [3.05, 3.63) is 131 Å². The molecule has 0 heterocycles. The third-order valence-corrected chi connectivity index (χ3v) is 9.63. The quantitative estimate of drug-likeness (QED) is 0.307. The Hall–Kier alpha value is -2.89. The van der Waals surface area contributed by atoms with Crippen molar-refractivity contribution in [1.29, 1.82) is 0 Å². The fourth-order valence-electron chi connectivity index (χ4n) is 4.66. The molecule has 0 N–H and O–H groups in total. The van der Waals surface area contributed by atoms with Gasteiger partial charge < -0.3 is 4.57 Å². The van der Waals surface area contributed by atoms with Gasteiger partial charge in [0.2, 0.25) is 0 Å². The molecule has 0 aliphatic carbocycles. The summed E-state index contributed by atoms with van der Waals surface area (Å²) in [4.78, 5) is 0. The normalized spacial score (nSPS) is 12.5. The Morgan fingerprint density at radius 2 is 1.06 bits per heavy atom. The molecule has 0 aliphatic heterocycles. The molecule has 0 spiro atoms. The molecule has 4 aromatic rings. The first-order valence-electron chi connectivity index (χ1n) is 10.8. The van der Waals surface area contributed by atoms with Gasteiger partial charge in [0.05, 0.1) is 0 Å². The molecule has 1 unspecified atom stereocenters. The highest BCUT2D eigenvalue weighted by Gasteiger charge is 2.38. The second kappa shape index (κ2) is 9.08. The van der Waals surface area contributed by atoms with Crippen LogP contribution in [0.2, 0.25) is 0 Å². The van der Waals surface area contributed by atoms with Gasteiger partial charge in [-0.05, 0) is 49.4 Å². The van der Waals surface area contributed by atoms with Crippen LogP contribution in [-0.4, -0.2) is 0 Å². The Kier molecular flexibility index (Phi) is 6.25. The maximum absolute atomic E-state index is 15.2. The minimum atomic E-state index is -2.97. The second-order valence-electron chi connectivity index (χ2n) is 8.34. The zero-order chi connectivity index (χ0) is 21.8. The third kappa shape index (κ3) is 4.29. The average molecular weight is 425 g/mol. The predicted molar refractivity (Wildman–Crippen MR) is 133 cm³/mol. The Labute approximate surface area is 186 Å². The van der Waals surface area contributed by atoms with Crippen LogP contribution in [0.1, 0.15) is 33.5 Å². The molecule has 0 amide bonds. The van der Waals surface area contributed by atoms with Crippen LogP contribution in [0.5, 0.6) is 0 Å². The van der Waals surface area contributed by atoms with Gasteiger partial charge in [0.1, 0.15) is 0 Å². The lowest BCUT2D eigenvalue weighted by Crippen LogP contribution is -2.23. The van der Waals surface area contributed by atoms with Crippen LogP contribution >= 0.6 is 7.14 Å². The number of hydrogen-bond acceptors (Lipinski definition) is 1. The summed E-state index contributed by atoms with van der Waals surface area (Å²) in [5, 5.41) is 1.83. The Morgan fingerprint density at radius 1 is 0.645 bits per heavy atom. The first-order valence-corrected chi connectivity index (χ1v) is 12.6. The van der Waals surface area contributed by atoms with Crippen LogP contribution in [0.3, 0.4) is 0 Å². The molecular formula is C29H29OP. The fraction of sp³-hybridized carbons (Fsp3) is 0.172. The summed E-state index contributed by atoms with van der Waals surface area (Å²) in [7, 11) is -2.97. The molecule has 0 saturated heterocycles. The summed E-state index contributed by atoms with van der Waals surface area (Å²) >= 11 is 0. The summed E-state index contributed by atoms with van der Waals surface area (Å²) in [6, 6.07) is 34.9. The average Bonchev–Trinajstić information content (AvgIpc) is 2.80. The minimum Gasteiger partial charge on any atom is -0.313 e. The number of aryl methyl sites for hydroxylation is 3. The van der Waals surface area contributed by atoms with E-state index in [2.05, 4.69) is 57.2 Å². The lowest BCUT2D eigenvalue weighted by molar-refractivity contribution is 0.577. The summed E-state index contributed by atoms with van der Waals surface area (Å²) in [6.45, 7) is 6.48. The monoisotopic (exact) mass is 424 g/mol. The van der Waals surface area contributed by atoms with Gasteiger partial charge in [0, 0.05) is 16.3 Å². The van der Waals surface area contributed by atoms with E-state index in [1.165, 1.54) is 22.3 Å². The van der Waals surface area contributed by atoms with Gasteiger partial charge in [-0.1, -0.05) is 109 Å². The van der Waals surface area contributed by atoms with Crippen molar-refractivity contribution >= 4 is 17.8 Å². The standard InChI is InChI=1S/C29H29OP/c1-22-19-23(2)28(24(3)20-22)21-29(25-13-7-4-8-14-25)31(30,26-15-9-5-10-16-26)27-17-11-6-12-18-27/h4-20,29H,21H2,1-3H3. The van der Waals surface area contributed by atoms with Gasteiger partial charge in [-0.15, -0.1) is 0 Å². The van der Waals surface area contributed by atoms with Crippen LogP contribution in [0.15, 0.2) is 103 Å². The van der Waals surface area contributed by atoms with Crippen molar-refractivity contribution in [3.63, 3.8) is 0 Å². The minimum absolute atomic E-state index is 0.140. The predicted octanol–water partition coefficient (Wildman–Crippen LogP) is 6.91. The van der Waals surface area contributed by atoms with Crippen molar-refractivity contribution in [3.8, 4) is 0 Å². The van der Waals surface area contributed by atoms with E-state index >= 15 is 4.57 Å². The molecule has 4 rings (SSSR count). The molecule has 0 aromatic heterocycles. The smallest absolute Gasteiger partial charge is 0.150 e. The van der Waals surface area contributed by atoms with Crippen LogP contribution in [0.4, 0.5) is 0 Å². The van der Waals surface area contributed by atoms with Crippen LogP contribution in [0.25, 0.3) is 0 Å². The number of benzene rings is 4. The van der Waals surface area contributed by atoms with E-state index in [4.69, 9.17) is 0 Å². The van der Waals surface area contributed by atoms with Crippen LogP contribution in [-0.2, 0) is 11.0 Å². The largest absolute Gasteiger partial charge is 0.313 e. The topological polar surface area (TPSA) is 17.1 Å². The molecule has 31 heavy (non-hydrogen) atoms. The van der Waals surface area contributed by atoms with E-state index in [0.717, 1.165) is 22.6 Å². The molecule has 0 aliphatic rings. The van der Waals surface area contributed by atoms with Gasteiger partial charge in [-0.3, -0.25) is 0 Å². The highest BCUT2D eigenvalue weighted by molar-refractivity contribution is 7.79. The summed E-state index contributed by atoms with van der Waals surface area (Å²) < 4.78 is 15.2. The van der Waals surface area contributed by atoms with E-state index in [0.29, 0.717) is 0 Å². The SMILES string of the molecule is Cc1cc(C)c(CC(c2ccccc2)P(=O)(c2ccccc2)c2ccccc2)c(C)c1. The molecule has 1 atom stereocenters. The highest BCUT2D eigenvalue weighted by Crippen LogP contribution is 2.58. The Balaban J connectivity index is 1.96.